The molecule has 2 aromatic rings. The standard InChI is InChI=1S/C12H14N4O2S/c1-18-10-3-2-8(11(13)16-17)6-9(10)7-19-12-14-4-5-15-12/h2-6,17H,7H2,1H3,(H2,13,16)(H,14,15). The van der Waals surface area contributed by atoms with Gasteiger partial charge < -0.3 is 20.7 Å². The van der Waals surface area contributed by atoms with Crippen molar-refractivity contribution in [2.45, 2.75) is 10.9 Å². The molecular weight excluding hydrogens is 264 g/mol. The van der Waals surface area contributed by atoms with E-state index in [1.54, 1.807) is 43.4 Å². The molecule has 0 fully saturated rings. The highest BCUT2D eigenvalue weighted by Gasteiger charge is 2.08. The van der Waals surface area contributed by atoms with Gasteiger partial charge in [-0.2, -0.15) is 0 Å². The fourth-order valence-electron chi connectivity index (χ4n) is 1.58. The van der Waals surface area contributed by atoms with Crippen molar-refractivity contribution < 1.29 is 9.94 Å². The number of aromatic nitrogens is 2. The Bertz CT molecular complexity index is 569. The summed E-state index contributed by atoms with van der Waals surface area (Å²) < 4.78 is 5.30. The highest BCUT2D eigenvalue weighted by molar-refractivity contribution is 7.98. The average molecular weight is 278 g/mol. The first-order chi connectivity index (χ1) is 9.24. The smallest absolute Gasteiger partial charge is 0.170 e. The third-order valence-corrected chi connectivity index (χ3v) is 3.47. The first kappa shape index (κ1) is 13.3. The number of nitrogens with two attached hydrogens (primary N) is 1. The van der Waals surface area contributed by atoms with Crippen molar-refractivity contribution >= 4 is 17.6 Å². The van der Waals surface area contributed by atoms with E-state index in [9.17, 15) is 0 Å². The summed E-state index contributed by atoms with van der Waals surface area (Å²) in [4.78, 5) is 7.15. The van der Waals surface area contributed by atoms with Crippen LogP contribution in [0, 0.1) is 0 Å². The van der Waals surface area contributed by atoms with Gasteiger partial charge in [0.15, 0.2) is 11.0 Å². The Balaban J connectivity index is 2.21. The third kappa shape index (κ3) is 3.19. The van der Waals surface area contributed by atoms with E-state index >= 15 is 0 Å². The van der Waals surface area contributed by atoms with Gasteiger partial charge in [-0.15, -0.1) is 0 Å². The van der Waals surface area contributed by atoms with Crippen LogP contribution < -0.4 is 10.5 Å². The second-order valence-corrected chi connectivity index (χ2v) is 4.66. The van der Waals surface area contributed by atoms with Crippen molar-refractivity contribution in [2.24, 2.45) is 10.9 Å². The summed E-state index contributed by atoms with van der Waals surface area (Å²) in [5.41, 5.74) is 7.18. The van der Waals surface area contributed by atoms with Gasteiger partial charge in [0.05, 0.1) is 7.11 Å². The topological polar surface area (TPSA) is 96.5 Å². The van der Waals surface area contributed by atoms with E-state index in [-0.39, 0.29) is 5.84 Å². The molecule has 0 atom stereocenters. The van der Waals surface area contributed by atoms with Crippen LogP contribution in [0.1, 0.15) is 11.1 Å². The molecule has 1 aromatic carbocycles. The molecule has 0 saturated heterocycles. The first-order valence-electron chi connectivity index (χ1n) is 5.51. The maximum absolute atomic E-state index is 8.70. The summed E-state index contributed by atoms with van der Waals surface area (Å²) >= 11 is 1.55. The lowest BCUT2D eigenvalue weighted by Gasteiger charge is -2.09. The number of nitrogens with zero attached hydrogens (tertiary/aromatic N) is 2. The number of ether oxygens (including phenoxy) is 1. The normalized spacial score (nSPS) is 11.5. The van der Waals surface area contributed by atoms with Crippen molar-refractivity contribution in [3.63, 3.8) is 0 Å². The number of amidine groups is 1. The molecule has 7 heteroatoms. The Morgan fingerprint density at radius 3 is 3.05 bits per heavy atom. The van der Waals surface area contributed by atoms with Crippen LogP contribution in [0.15, 0.2) is 40.9 Å². The van der Waals surface area contributed by atoms with E-state index in [1.807, 2.05) is 6.07 Å². The van der Waals surface area contributed by atoms with Crippen LogP contribution in [0.25, 0.3) is 0 Å². The van der Waals surface area contributed by atoms with Gasteiger partial charge in [-0.05, 0) is 18.2 Å². The molecule has 0 radical (unpaired) electrons. The number of aromatic amines is 1. The minimum atomic E-state index is 0.0758. The van der Waals surface area contributed by atoms with Gasteiger partial charge in [0, 0.05) is 29.3 Å². The summed E-state index contributed by atoms with van der Waals surface area (Å²) in [6.45, 7) is 0. The van der Waals surface area contributed by atoms with Crippen molar-refractivity contribution in [3.8, 4) is 5.75 Å². The van der Waals surface area contributed by atoms with Crippen molar-refractivity contribution in [1.29, 1.82) is 0 Å². The zero-order chi connectivity index (χ0) is 13.7. The Morgan fingerprint density at radius 1 is 1.58 bits per heavy atom. The van der Waals surface area contributed by atoms with Gasteiger partial charge in [-0.1, -0.05) is 16.9 Å². The number of hydrogen-bond acceptors (Lipinski definition) is 5. The first-order valence-corrected chi connectivity index (χ1v) is 6.50. The lowest BCUT2D eigenvalue weighted by Crippen LogP contribution is -2.13. The second-order valence-electron chi connectivity index (χ2n) is 3.69. The molecule has 1 heterocycles. The minimum Gasteiger partial charge on any atom is -0.496 e. The molecule has 4 N–H and O–H groups in total. The number of nitrogens with one attached hydrogen (secondary N) is 1. The van der Waals surface area contributed by atoms with Gasteiger partial charge in [0.2, 0.25) is 0 Å². The molecule has 0 aliphatic carbocycles. The lowest BCUT2D eigenvalue weighted by molar-refractivity contribution is 0.318. The maximum Gasteiger partial charge on any atom is 0.170 e. The molecule has 0 amide bonds. The number of H-pyrrole nitrogens is 1. The number of hydrogen-bond donors (Lipinski definition) is 3. The van der Waals surface area contributed by atoms with Crippen LogP contribution in [-0.4, -0.2) is 28.1 Å². The van der Waals surface area contributed by atoms with Crippen LogP contribution in [0.5, 0.6) is 5.75 Å². The van der Waals surface area contributed by atoms with Crippen molar-refractivity contribution in [2.75, 3.05) is 7.11 Å². The number of benzene rings is 1. The van der Waals surface area contributed by atoms with Crippen LogP contribution in [-0.2, 0) is 5.75 Å². The SMILES string of the molecule is COc1ccc(/C(N)=N/O)cc1CSc1ncc[nH]1. The Kier molecular flexibility index (Phi) is 4.30. The molecule has 0 aliphatic rings. The Hall–Kier alpha value is -2.15. The molecule has 0 saturated carbocycles. The van der Waals surface area contributed by atoms with Gasteiger partial charge in [0.25, 0.3) is 0 Å². The Morgan fingerprint density at radius 2 is 2.42 bits per heavy atom. The summed E-state index contributed by atoms with van der Waals surface area (Å²) in [6.07, 6.45) is 3.47. The third-order valence-electron chi connectivity index (χ3n) is 2.52. The van der Waals surface area contributed by atoms with Gasteiger partial charge in [-0.25, -0.2) is 4.98 Å². The number of rotatable bonds is 5. The van der Waals surface area contributed by atoms with Crippen molar-refractivity contribution in [1.82, 2.24) is 9.97 Å². The van der Waals surface area contributed by atoms with Crippen molar-refractivity contribution in [3.05, 3.63) is 41.7 Å². The monoisotopic (exact) mass is 278 g/mol. The predicted molar refractivity (Wildman–Crippen MR) is 73.7 cm³/mol. The van der Waals surface area contributed by atoms with E-state index < -0.39 is 0 Å². The highest BCUT2D eigenvalue weighted by atomic mass is 32.2. The maximum atomic E-state index is 8.70. The lowest BCUT2D eigenvalue weighted by atomic mass is 10.1. The molecule has 19 heavy (non-hydrogen) atoms. The summed E-state index contributed by atoms with van der Waals surface area (Å²) in [5.74, 6) is 1.50. The fourth-order valence-corrected chi connectivity index (χ4v) is 2.39. The number of thioether (sulfide) groups is 1. The molecule has 0 aliphatic heterocycles. The van der Waals surface area contributed by atoms with Crippen LogP contribution in [0.2, 0.25) is 0 Å². The quantitative estimate of drug-likeness (QED) is 0.255. The minimum absolute atomic E-state index is 0.0758. The molecule has 6 nitrogen and oxygen atoms in total. The molecule has 0 unspecified atom stereocenters. The molecule has 0 spiro atoms. The van der Waals surface area contributed by atoms with Gasteiger partial charge in [-0.3, -0.25) is 0 Å². The van der Waals surface area contributed by atoms with Gasteiger partial charge >= 0.3 is 0 Å². The molecule has 2 rings (SSSR count). The molecule has 1 aromatic heterocycles. The summed E-state index contributed by atoms with van der Waals surface area (Å²) in [6, 6.07) is 5.38. The van der Waals surface area contributed by atoms with Crippen LogP contribution in [0.4, 0.5) is 0 Å². The largest absolute Gasteiger partial charge is 0.496 e. The zero-order valence-electron chi connectivity index (χ0n) is 10.3. The second kappa shape index (κ2) is 6.14. The number of methoxy groups -OCH3 is 1. The van der Waals surface area contributed by atoms with E-state index in [0.29, 0.717) is 11.3 Å². The van der Waals surface area contributed by atoms with Crippen LogP contribution in [0.3, 0.4) is 0 Å². The van der Waals surface area contributed by atoms with Gasteiger partial charge in [0.1, 0.15) is 5.75 Å². The predicted octanol–water partition coefficient (Wildman–Crippen LogP) is 1.81. The van der Waals surface area contributed by atoms with E-state index in [4.69, 9.17) is 15.7 Å². The van der Waals surface area contributed by atoms with Crippen LogP contribution >= 0.6 is 11.8 Å². The molecule has 100 valence electrons. The number of oxime groups is 1. The highest BCUT2D eigenvalue weighted by Crippen LogP contribution is 2.27. The molecule has 0 bridgehead atoms. The summed E-state index contributed by atoms with van der Waals surface area (Å²) in [5, 5.41) is 12.5. The molecular formula is C12H14N4O2S. The van der Waals surface area contributed by atoms with E-state index in [1.165, 1.54) is 0 Å². The number of imidazole rings is 1. The van der Waals surface area contributed by atoms with E-state index in [0.717, 1.165) is 16.5 Å². The van der Waals surface area contributed by atoms with E-state index in [2.05, 4.69) is 15.1 Å². The Labute approximate surface area is 114 Å². The fraction of sp³-hybridized carbons (Fsp3) is 0.167. The summed E-state index contributed by atoms with van der Waals surface area (Å²) in [7, 11) is 1.61. The zero-order valence-corrected chi connectivity index (χ0v) is 11.1. The average Bonchev–Trinajstić information content (AvgIpc) is 2.97.